The predicted molar refractivity (Wildman–Crippen MR) is 71.7 cm³/mol. The van der Waals surface area contributed by atoms with Crippen LogP contribution in [0.15, 0.2) is 4.52 Å². The molecule has 1 heterocycles. The van der Waals surface area contributed by atoms with Crippen LogP contribution in [0.2, 0.25) is 0 Å². The van der Waals surface area contributed by atoms with Crippen LogP contribution in [0, 0.1) is 10.5 Å². The van der Waals surface area contributed by atoms with Gasteiger partial charge >= 0.3 is 6.09 Å². The van der Waals surface area contributed by atoms with E-state index in [2.05, 4.69) is 33.1 Å². The molecule has 1 unspecified atom stereocenters. The van der Waals surface area contributed by atoms with Crippen molar-refractivity contribution in [3.63, 3.8) is 0 Å². The van der Waals surface area contributed by atoms with Gasteiger partial charge in [0.05, 0.1) is 15.3 Å². The van der Waals surface area contributed by atoms with E-state index in [1.807, 2.05) is 34.6 Å². The molecule has 96 valence electrons. The molecule has 0 bridgehead atoms. The fourth-order valence-electron chi connectivity index (χ4n) is 1.20. The molecule has 0 radical (unpaired) electrons. The fourth-order valence-corrected chi connectivity index (χ4v) is 1.86. The monoisotopic (exact) mass is 352 g/mol. The lowest BCUT2D eigenvalue weighted by molar-refractivity contribution is 0.0500. The van der Waals surface area contributed by atoms with E-state index in [-0.39, 0.29) is 6.04 Å². The molecule has 0 saturated carbocycles. The van der Waals surface area contributed by atoms with Gasteiger partial charge in [0.25, 0.3) is 0 Å². The van der Waals surface area contributed by atoms with Crippen molar-refractivity contribution < 1.29 is 14.1 Å². The lowest BCUT2D eigenvalue weighted by Gasteiger charge is -2.21. The van der Waals surface area contributed by atoms with E-state index in [9.17, 15) is 4.79 Å². The van der Waals surface area contributed by atoms with Crippen LogP contribution >= 0.6 is 22.6 Å². The topological polar surface area (TPSA) is 64.4 Å². The van der Waals surface area contributed by atoms with E-state index < -0.39 is 11.7 Å². The number of nitrogens with one attached hydrogen (secondary N) is 1. The number of alkyl carbamates (subject to hydrolysis) is 1. The molecule has 0 spiro atoms. The first-order valence-electron chi connectivity index (χ1n) is 5.32. The Bertz CT molecular complexity index is 409. The molecule has 5 nitrogen and oxygen atoms in total. The summed E-state index contributed by atoms with van der Waals surface area (Å²) in [6, 6.07) is -0.266. The van der Waals surface area contributed by atoms with Gasteiger partial charge in [-0.1, -0.05) is 5.16 Å². The second kappa shape index (κ2) is 5.24. The van der Waals surface area contributed by atoms with Crippen LogP contribution in [0.5, 0.6) is 0 Å². The molecule has 0 saturated heterocycles. The third-order valence-electron chi connectivity index (χ3n) is 1.94. The smallest absolute Gasteiger partial charge is 0.408 e. The minimum absolute atomic E-state index is 0.266. The quantitative estimate of drug-likeness (QED) is 0.831. The van der Waals surface area contributed by atoms with Crippen LogP contribution in [0.4, 0.5) is 4.79 Å². The highest BCUT2D eigenvalue weighted by Crippen LogP contribution is 2.22. The summed E-state index contributed by atoms with van der Waals surface area (Å²) >= 11 is 2.14. The van der Waals surface area contributed by atoms with Crippen molar-refractivity contribution >= 4 is 28.7 Å². The second-order valence-electron chi connectivity index (χ2n) is 4.81. The van der Waals surface area contributed by atoms with E-state index in [0.717, 1.165) is 9.26 Å². The maximum absolute atomic E-state index is 11.6. The molecule has 1 amide bonds. The van der Waals surface area contributed by atoms with Gasteiger partial charge in [-0.2, -0.15) is 0 Å². The molecule has 1 aromatic rings. The summed E-state index contributed by atoms with van der Waals surface area (Å²) in [6.45, 7) is 9.14. The Kier molecular flexibility index (Phi) is 4.40. The molecular formula is C11H17IN2O3. The number of carbonyl (C=O) groups excluding carboxylic acids is 1. The molecular weight excluding hydrogens is 335 g/mol. The Morgan fingerprint density at radius 3 is 2.53 bits per heavy atom. The summed E-state index contributed by atoms with van der Waals surface area (Å²) in [5.41, 5.74) is 0.312. The van der Waals surface area contributed by atoms with Crippen LogP contribution in [0.25, 0.3) is 0 Å². The zero-order chi connectivity index (χ0) is 13.2. The van der Waals surface area contributed by atoms with Gasteiger partial charge in [-0.25, -0.2) is 4.79 Å². The maximum Gasteiger partial charge on any atom is 0.408 e. The number of carbonyl (C=O) groups is 1. The SMILES string of the molecule is Cc1noc(C(C)NC(=O)OC(C)(C)C)c1I. The number of aryl methyl sites for hydroxylation is 1. The average molecular weight is 352 g/mol. The van der Waals surface area contributed by atoms with Crippen molar-refractivity contribution in [2.45, 2.75) is 46.3 Å². The Balaban J connectivity index is 2.64. The van der Waals surface area contributed by atoms with Crippen molar-refractivity contribution in [1.29, 1.82) is 0 Å². The zero-order valence-electron chi connectivity index (χ0n) is 10.6. The molecule has 1 rings (SSSR count). The lowest BCUT2D eigenvalue weighted by Crippen LogP contribution is -2.34. The van der Waals surface area contributed by atoms with Crippen LogP contribution in [0.1, 0.15) is 45.2 Å². The number of halogens is 1. The zero-order valence-corrected chi connectivity index (χ0v) is 12.8. The molecule has 1 atom stereocenters. The van der Waals surface area contributed by atoms with Crippen molar-refractivity contribution in [2.24, 2.45) is 0 Å². The van der Waals surface area contributed by atoms with Gasteiger partial charge in [0, 0.05) is 0 Å². The average Bonchev–Trinajstić information content (AvgIpc) is 2.44. The first-order chi connectivity index (χ1) is 7.70. The molecule has 0 aliphatic carbocycles. The van der Waals surface area contributed by atoms with Gasteiger partial charge in [-0.05, 0) is 57.2 Å². The van der Waals surface area contributed by atoms with Gasteiger partial charge < -0.3 is 14.6 Å². The van der Waals surface area contributed by atoms with Crippen molar-refractivity contribution in [1.82, 2.24) is 10.5 Å². The van der Waals surface area contributed by atoms with E-state index in [1.165, 1.54) is 0 Å². The first kappa shape index (κ1) is 14.3. The molecule has 0 aliphatic rings. The van der Waals surface area contributed by atoms with Gasteiger partial charge in [0.15, 0.2) is 5.76 Å². The van der Waals surface area contributed by atoms with Crippen LogP contribution in [-0.4, -0.2) is 16.9 Å². The molecule has 17 heavy (non-hydrogen) atoms. The molecule has 1 N–H and O–H groups in total. The highest BCUT2D eigenvalue weighted by atomic mass is 127. The lowest BCUT2D eigenvalue weighted by atomic mass is 10.2. The number of nitrogens with zero attached hydrogens (tertiary/aromatic N) is 1. The van der Waals surface area contributed by atoms with Crippen LogP contribution < -0.4 is 5.32 Å². The predicted octanol–water partition coefficient (Wildman–Crippen LogP) is 3.17. The Hall–Kier alpha value is -0.790. The highest BCUT2D eigenvalue weighted by Gasteiger charge is 2.22. The van der Waals surface area contributed by atoms with Crippen molar-refractivity contribution in [3.8, 4) is 0 Å². The Labute approximate surface area is 114 Å². The first-order valence-corrected chi connectivity index (χ1v) is 6.40. The van der Waals surface area contributed by atoms with E-state index in [0.29, 0.717) is 5.76 Å². The normalized spacial score (nSPS) is 13.3. The highest BCUT2D eigenvalue weighted by molar-refractivity contribution is 14.1. The Morgan fingerprint density at radius 2 is 2.12 bits per heavy atom. The van der Waals surface area contributed by atoms with Gasteiger partial charge in [-0.3, -0.25) is 0 Å². The van der Waals surface area contributed by atoms with E-state index in [1.54, 1.807) is 0 Å². The Morgan fingerprint density at radius 1 is 1.53 bits per heavy atom. The molecule has 0 aliphatic heterocycles. The summed E-state index contributed by atoms with van der Waals surface area (Å²) in [4.78, 5) is 11.6. The fraction of sp³-hybridized carbons (Fsp3) is 0.636. The number of hydrogen-bond donors (Lipinski definition) is 1. The summed E-state index contributed by atoms with van der Waals surface area (Å²) in [7, 11) is 0. The molecule has 0 fully saturated rings. The standard InChI is InChI=1S/C11H17IN2O3/c1-6-8(12)9(17-14-6)7(2)13-10(15)16-11(3,4)5/h7H,1-5H3,(H,13,15). The molecule has 6 heteroatoms. The number of ether oxygens (including phenoxy) is 1. The molecule has 0 aromatic carbocycles. The van der Waals surface area contributed by atoms with E-state index in [4.69, 9.17) is 9.26 Å². The summed E-state index contributed by atoms with van der Waals surface area (Å²) in [5.74, 6) is 0.647. The summed E-state index contributed by atoms with van der Waals surface area (Å²) in [5, 5.41) is 6.55. The van der Waals surface area contributed by atoms with Crippen LogP contribution in [0.3, 0.4) is 0 Å². The van der Waals surface area contributed by atoms with Gasteiger partial charge in [0.1, 0.15) is 5.60 Å². The third-order valence-corrected chi connectivity index (χ3v) is 3.25. The minimum atomic E-state index is -0.506. The van der Waals surface area contributed by atoms with Gasteiger partial charge in [0.2, 0.25) is 0 Å². The number of amides is 1. The largest absolute Gasteiger partial charge is 0.444 e. The van der Waals surface area contributed by atoms with Crippen molar-refractivity contribution in [3.05, 3.63) is 15.0 Å². The van der Waals surface area contributed by atoms with E-state index >= 15 is 0 Å². The third kappa shape index (κ3) is 4.18. The summed E-state index contributed by atoms with van der Waals surface area (Å²) in [6.07, 6.45) is -0.463. The van der Waals surface area contributed by atoms with Crippen LogP contribution in [-0.2, 0) is 4.74 Å². The van der Waals surface area contributed by atoms with Gasteiger partial charge in [-0.15, -0.1) is 0 Å². The number of hydrogen-bond acceptors (Lipinski definition) is 4. The number of rotatable bonds is 2. The van der Waals surface area contributed by atoms with Crippen molar-refractivity contribution in [2.75, 3.05) is 0 Å². The maximum atomic E-state index is 11.6. The minimum Gasteiger partial charge on any atom is -0.444 e. The molecule has 1 aromatic heterocycles. The summed E-state index contributed by atoms with van der Waals surface area (Å²) < 4.78 is 11.2. The number of aromatic nitrogens is 1. The second-order valence-corrected chi connectivity index (χ2v) is 5.89.